The van der Waals surface area contributed by atoms with Crippen molar-refractivity contribution in [3.63, 3.8) is 0 Å². The molecule has 16 heavy (non-hydrogen) atoms. The number of benzene rings is 1. The number of methoxy groups -OCH3 is 1. The Labute approximate surface area is 100.0 Å². The van der Waals surface area contributed by atoms with E-state index in [2.05, 4.69) is 0 Å². The largest absolute Gasteiger partial charge is 0.390 e. The van der Waals surface area contributed by atoms with Crippen molar-refractivity contribution in [3.8, 4) is 0 Å². The topological polar surface area (TPSA) is 29.5 Å². The molecule has 0 aliphatic rings. The summed E-state index contributed by atoms with van der Waals surface area (Å²) in [6.07, 6.45) is 0.679. The van der Waals surface area contributed by atoms with E-state index in [1.807, 2.05) is 0 Å². The minimum Gasteiger partial charge on any atom is -0.390 e. The zero-order valence-electron chi connectivity index (χ0n) is 9.46. The molecular weight excluding hydrogens is 231 g/mol. The Morgan fingerprint density at radius 3 is 2.81 bits per heavy atom. The predicted octanol–water partition coefficient (Wildman–Crippen LogP) is 2.81. The fourth-order valence-electron chi connectivity index (χ4n) is 1.51. The molecule has 1 aromatic rings. The highest BCUT2D eigenvalue weighted by Gasteiger charge is 2.22. The van der Waals surface area contributed by atoms with Gasteiger partial charge in [0.05, 0.1) is 10.6 Å². The number of hydrogen-bond acceptors (Lipinski definition) is 2. The van der Waals surface area contributed by atoms with Crippen molar-refractivity contribution in [1.82, 2.24) is 0 Å². The van der Waals surface area contributed by atoms with Crippen LogP contribution < -0.4 is 0 Å². The van der Waals surface area contributed by atoms with Crippen LogP contribution in [-0.2, 0) is 11.2 Å². The van der Waals surface area contributed by atoms with Crippen LogP contribution in [0.15, 0.2) is 18.2 Å². The van der Waals surface area contributed by atoms with Gasteiger partial charge >= 0.3 is 0 Å². The first kappa shape index (κ1) is 13.4. The van der Waals surface area contributed by atoms with Crippen LogP contribution in [0.2, 0.25) is 5.02 Å². The summed E-state index contributed by atoms with van der Waals surface area (Å²) >= 11 is 5.67. The second kappa shape index (κ2) is 5.62. The van der Waals surface area contributed by atoms with Gasteiger partial charge in [0, 0.05) is 20.1 Å². The summed E-state index contributed by atoms with van der Waals surface area (Å²) in [4.78, 5) is 0. The normalized spacial score (nSPS) is 14.8. The van der Waals surface area contributed by atoms with Gasteiger partial charge in [0.25, 0.3) is 0 Å². The third kappa shape index (κ3) is 3.74. The maximum Gasteiger partial charge on any atom is 0.145 e. The molecule has 90 valence electrons. The minimum atomic E-state index is -0.985. The Hall–Kier alpha value is -0.640. The molecule has 4 heteroatoms. The highest BCUT2D eigenvalue weighted by molar-refractivity contribution is 6.30. The van der Waals surface area contributed by atoms with Crippen molar-refractivity contribution >= 4 is 11.6 Å². The summed E-state index contributed by atoms with van der Waals surface area (Å²) in [5.74, 6) is -0.457. The summed E-state index contributed by atoms with van der Waals surface area (Å²) < 4.78 is 18.5. The van der Waals surface area contributed by atoms with Crippen LogP contribution in [0.1, 0.15) is 18.9 Å². The van der Waals surface area contributed by atoms with Gasteiger partial charge in [-0.2, -0.15) is 0 Å². The fourth-order valence-corrected chi connectivity index (χ4v) is 1.70. The first-order chi connectivity index (χ1) is 7.46. The van der Waals surface area contributed by atoms with E-state index in [9.17, 15) is 9.50 Å². The standard InChI is InChI=1S/C12H16ClFO2/c1-12(15,6-7-16-2)8-9-4-3-5-10(13)11(9)14/h3-5,15H,6-8H2,1-2H3. The average molecular weight is 247 g/mol. The third-order valence-electron chi connectivity index (χ3n) is 2.45. The van der Waals surface area contributed by atoms with Gasteiger partial charge in [0.15, 0.2) is 0 Å². The summed E-state index contributed by atoms with van der Waals surface area (Å²) in [6.45, 7) is 2.10. The quantitative estimate of drug-likeness (QED) is 0.866. The number of hydrogen-bond donors (Lipinski definition) is 1. The monoisotopic (exact) mass is 246 g/mol. The Kier molecular flexibility index (Phi) is 4.71. The lowest BCUT2D eigenvalue weighted by atomic mass is 9.93. The zero-order chi connectivity index (χ0) is 12.2. The lowest BCUT2D eigenvalue weighted by Crippen LogP contribution is -2.29. The molecule has 1 rings (SSSR count). The highest BCUT2D eigenvalue weighted by Crippen LogP contribution is 2.23. The highest BCUT2D eigenvalue weighted by atomic mass is 35.5. The van der Waals surface area contributed by atoms with Gasteiger partial charge in [0.1, 0.15) is 5.82 Å². The Balaban J connectivity index is 2.75. The number of ether oxygens (including phenoxy) is 1. The molecule has 0 aromatic heterocycles. The molecule has 2 nitrogen and oxygen atoms in total. The molecule has 1 aromatic carbocycles. The SMILES string of the molecule is COCCC(C)(O)Cc1cccc(Cl)c1F. The van der Waals surface area contributed by atoms with Gasteiger partial charge in [-0.3, -0.25) is 0 Å². The van der Waals surface area contributed by atoms with Gasteiger partial charge in [-0.1, -0.05) is 23.7 Å². The van der Waals surface area contributed by atoms with E-state index in [1.165, 1.54) is 6.07 Å². The summed E-state index contributed by atoms with van der Waals surface area (Å²) in [5.41, 5.74) is -0.560. The molecule has 0 saturated heterocycles. The molecule has 0 amide bonds. The Morgan fingerprint density at radius 2 is 2.19 bits per heavy atom. The molecule has 1 atom stereocenters. The lowest BCUT2D eigenvalue weighted by molar-refractivity contribution is 0.0243. The van der Waals surface area contributed by atoms with Gasteiger partial charge in [-0.05, 0) is 25.0 Å². The van der Waals surface area contributed by atoms with Crippen molar-refractivity contribution in [2.75, 3.05) is 13.7 Å². The van der Waals surface area contributed by atoms with Crippen LogP contribution >= 0.6 is 11.6 Å². The van der Waals surface area contributed by atoms with Crippen LogP contribution in [0.25, 0.3) is 0 Å². The molecule has 0 radical (unpaired) electrons. The molecule has 0 fully saturated rings. The van der Waals surface area contributed by atoms with Crippen LogP contribution in [0, 0.1) is 5.82 Å². The lowest BCUT2D eigenvalue weighted by Gasteiger charge is -2.23. The average Bonchev–Trinajstić information content (AvgIpc) is 2.22. The van der Waals surface area contributed by atoms with Crippen molar-refractivity contribution in [3.05, 3.63) is 34.6 Å². The van der Waals surface area contributed by atoms with Gasteiger partial charge in [-0.25, -0.2) is 4.39 Å². The molecule has 0 heterocycles. The molecule has 0 aliphatic carbocycles. The predicted molar refractivity (Wildman–Crippen MR) is 62.2 cm³/mol. The second-order valence-electron chi connectivity index (χ2n) is 4.13. The maximum atomic E-state index is 13.6. The van der Waals surface area contributed by atoms with Crippen molar-refractivity contribution in [2.45, 2.75) is 25.4 Å². The molecule has 0 spiro atoms. The van der Waals surface area contributed by atoms with E-state index in [1.54, 1.807) is 26.2 Å². The molecular formula is C12H16ClFO2. The van der Waals surface area contributed by atoms with Crippen LogP contribution in [0.3, 0.4) is 0 Å². The van der Waals surface area contributed by atoms with Gasteiger partial charge < -0.3 is 9.84 Å². The van der Waals surface area contributed by atoms with E-state index < -0.39 is 11.4 Å². The zero-order valence-corrected chi connectivity index (χ0v) is 10.2. The van der Waals surface area contributed by atoms with E-state index in [0.717, 1.165) is 0 Å². The van der Waals surface area contributed by atoms with Gasteiger partial charge in [0.2, 0.25) is 0 Å². The van der Waals surface area contributed by atoms with Crippen molar-refractivity contribution in [2.24, 2.45) is 0 Å². The molecule has 1 unspecified atom stereocenters. The fraction of sp³-hybridized carbons (Fsp3) is 0.500. The van der Waals surface area contributed by atoms with E-state index in [0.29, 0.717) is 18.6 Å². The summed E-state index contributed by atoms with van der Waals surface area (Å²) in [7, 11) is 1.57. The molecule has 1 N–H and O–H groups in total. The maximum absolute atomic E-state index is 13.6. The Morgan fingerprint density at radius 1 is 1.50 bits per heavy atom. The summed E-state index contributed by atoms with van der Waals surface area (Å²) in [5, 5.41) is 10.1. The third-order valence-corrected chi connectivity index (χ3v) is 2.74. The number of halogens is 2. The second-order valence-corrected chi connectivity index (χ2v) is 4.54. The van der Waals surface area contributed by atoms with Crippen molar-refractivity contribution in [1.29, 1.82) is 0 Å². The molecule has 0 saturated carbocycles. The van der Waals surface area contributed by atoms with E-state index >= 15 is 0 Å². The van der Waals surface area contributed by atoms with E-state index in [4.69, 9.17) is 16.3 Å². The smallest absolute Gasteiger partial charge is 0.145 e. The first-order valence-corrected chi connectivity index (χ1v) is 5.48. The number of aliphatic hydroxyl groups is 1. The number of rotatable bonds is 5. The molecule has 0 aliphatic heterocycles. The minimum absolute atomic E-state index is 0.0834. The first-order valence-electron chi connectivity index (χ1n) is 5.10. The van der Waals surface area contributed by atoms with Crippen LogP contribution in [0.4, 0.5) is 4.39 Å². The van der Waals surface area contributed by atoms with Crippen LogP contribution in [-0.4, -0.2) is 24.4 Å². The Bertz CT molecular complexity index is 353. The summed E-state index contributed by atoms with van der Waals surface area (Å²) in [6, 6.07) is 4.79. The van der Waals surface area contributed by atoms with E-state index in [-0.39, 0.29) is 11.4 Å². The molecule has 0 bridgehead atoms. The van der Waals surface area contributed by atoms with Crippen molar-refractivity contribution < 1.29 is 14.2 Å². The van der Waals surface area contributed by atoms with Crippen LogP contribution in [0.5, 0.6) is 0 Å². The van der Waals surface area contributed by atoms with Gasteiger partial charge in [-0.15, -0.1) is 0 Å².